The Balaban J connectivity index is 2.12. The van der Waals surface area contributed by atoms with Crippen LogP contribution >= 0.6 is 0 Å². The molecule has 1 aliphatic carbocycles. The monoisotopic (exact) mass is 172 g/mol. The maximum absolute atomic E-state index is 10.9. The summed E-state index contributed by atoms with van der Waals surface area (Å²) in [5.41, 5.74) is -0.620. The number of rotatable bonds is 3. The van der Waals surface area contributed by atoms with Crippen LogP contribution in [0.4, 0.5) is 4.79 Å². The number of amides is 2. The first-order valence-electron chi connectivity index (χ1n) is 4.40. The summed E-state index contributed by atoms with van der Waals surface area (Å²) < 4.78 is 0. The molecule has 0 aromatic rings. The SMILES string of the molecule is CCNC(=O)NCC1(O)CCC1. The van der Waals surface area contributed by atoms with E-state index in [9.17, 15) is 9.90 Å². The van der Waals surface area contributed by atoms with Crippen LogP contribution in [0.15, 0.2) is 0 Å². The molecule has 0 saturated heterocycles. The molecule has 2 amide bonds. The molecular weight excluding hydrogens is 156 g/mol. The van der Waals surface area contributed by atoms with Crippen molar-refractivity contribution in [1.82, 2.24) is 10.6 Å². The number of urea groups is 1. The van der Waals surface area contributed by atoms with Gasteiger partial charge in [0.05, 0.1) is 5.60 Å². The summed E-state index contributed by atoms with van der Waals surface area (Å²) in [5, 5.41) is 14.8. The summed E-state index contributed by atoms with van der Waals surface area (Å²) in [5.74, 6) is 0. The Morgan fingerprint density at radius 1 is 1.50 bits per heavy atom. The number of carbonyl (C=O) groups is 1. The van der Waals surface area contributed by atoms with Gasteiger partial charge in [0.1, 0.15) is 0 Å². The van der Waals surface area contributed by atoms with Crippen molar-refractivity contribution in [2.45, 2.75) is 31.8 Å². The molecule has 1 aliphatic rings. The molecule has 0 aromatic heterocycles. The number of nitrogens with one attached hydrogen (secondary N) is 2. The molecule has 12 heavy (non-hydrogen) atoms. The van der Waals surface area contributed by atoms with E-state index in [0.717, 1.165) is 19.3 Å². The fourth-order valence-electron chi connectivity index (χ4n) is 1.23. The molecule has 0 atom stereocenters. The number of hydrogen-bond acceptors (Lipinski definition) is 2. The molecule has 0 spiro atoms. The van der Waals surface area contributed by atoms with Crippen molar-refractivity contribution in [3.8, 4) is 0 Å². The summed E-state index contributed by atoms with van der Waals surface area (Å²) >= 11 is 0. The van der Waals surface area contributed by atoms with Crippen molar-refractivity contribution >= 4 is 6.03 Å². The van der Waals surface area contributed by atoms with Crippen LogP contribution < -0.4 is 10.6 Å². The zero-order valence-corrected chi connectivity index (χ0v) is 7.39. The van der Waals surface area contributed by atoms with Crippen molar-refractivity contribution in [1.29, 1.82) is 0 Å². The van der Waals surface area contributed by atoms with E-state index in [0.29, 0.717) is 13.1 Å². The number of carbonyl (C=O) groups excluding carboxylic acids is 1. The zero-order valence-electron chi connectivity index (χ0n) is 7.39. The van der Waals surface area contributed by atoms with Crippen molar-refractivity contribution in [3.63, 3.8) is 0 Å². The zero-order chi connectivity index (χ0) is 9.03. The van der Waals surface area contributed by atoms with Gasteiger partial charge < -0.3 is 15.7 Å². The molecule has 1 fully saturated rings. The molecule has 3 N–H and O–H groups in total. The Bertz CT molecular complexity index is 166. The first kappa shape index (κ1) is 9.32. The quantitative estimate of drug-likeness (QED) is 0.570. The summed E-state index contributed by atoms with van der Waals surface area (Å²) in [6.45, 7) is 2.85. The smallest absolute Gasteiger partial charge is 0.314 e. The first-order valence-corrected chi connectivity index (χ1v) is 4.40. The standard InChI is InChI=1S/C8H16N2O2/c1-2-9-7(11)10-6-8(12)4-3-5-8/h12H,2-6H2,1H3,(H2,9,10,11). The average Bonchev–Trinajstić information content (AvgIpc) is 1.98. The number of aliphatic hydroxyl groups is 1. The van der Waals surface area contributed by atoms with Crippen molar-refractivity contribution in [3.05, 3.63) is 0 Å². The third-order valence-corrected chi connectivity index (χ3v) is 2.20. The van der Waals surface area contributed by atoms with E-state index in [1.54, 1.807) is 0 Å². The minimum absolute atomic E-state index is 0.196. The van der Waals surface area contributed by atoms with Gasteiger partial charge in [-0.3, -0.25) is 0 Å². The van der Waals surface area contributed by atoms with Gasteiger partial charge in [-0.15, -0.1) is 0 Å². The average molecular weight is 172 g/mol. The van der Waals surface area contributed by atoms with Crippen LogP contribution in [0.2, 0.25) is 0 Å². The highest BCUT2D eigenvalue weighted by Crippen LogP contribution is 2.30. The van der Waals surface area contributed by atoms with Crippen LogP contribution in [-0.4, -0.2) is 29.8 Å². The van der Waals surface area contributed by atoms with Gasteiger partial charge in [0, 0.05) is 13.1 Å². The van der Waals surface area contributed by atoms with Crippen LogP contribution in [0.1, 0.15) is 26.2 Å². The van der Waals surface area contributed by atoms with Crippen LogP contribution in [0.5, 0.6) is 0 Å². The molecule has 70 valence electrons. The van der Waals surface area contributed by atoms with Crippen molar-refractivity contribution in [2.75, 3.05) is 13.1 Å². The van der Waals surface area contributed by atoms with E-state index in [2.05, 4.69) is 10.6 Å². The topological polar surface area (TPSA) is 61.4 Å². The second-order valence-electron chi connectivity index (χ2n) is 3.29. The fraction of sp³-hybridized carbons (Fsp3) is 0.875. The minimum atomic E-state index is -0.620. The van der Waals surface area contributed by atoms with Crippen LogP contribution in [-0.2, 0) is 0 Å². The Kier molecular flexibility index (Phi) is 2.92. The van der Waals surface area contributed by atoms with Gasteiger partial charge in [0.2, 0.25) is 0 Å². The Morgan fingerprint density at radius 2 is 2.17 bits per heavy atom. The van der Waals surface area contributed by atoms with Gasteiger partial charge in [-0.1, -0.05) is 0 Å². The molecule has 4 nitrogen and oxygen atoms in total. The molecule has 0 radical (unpaired) electrons. The van der Waals surface area contributed by atoms with Crippen LogP contribution in [0.3, 0.4) is 0 Å². The predicted octanol–water partition coefficient (Wildman–Crippen LogP) is 0.220. The molecule has 0 aliphatic heterocycles. The lowest BCUT2D eigenvalue weighted by Gasteiger charge is -2.36. The second kappa shape index (κ2) is 3.76. The Morgan fingerprint density at radius 3 is 2.58 bits per heavy atom. The summed E-state index contributed by atoms with van der Waals surface area (Å²) in [6.07, 6.45) is 2.67. The van der Waals surface area contributed by atoms with E-state index in [1.807, 2.05) is 6.92 Å². The molecule has 1 saturated carbocycles. The summed E-state index contributed by atoms with van der Waals surface area (Å²) in [6, 6.07) is -0.196. The molecule has 0 bridgehead atoms. The van der Waals surface area contributed by atoms with Gasteiger partial charge in [0.15, 0.2) is 0 Å². The lowest BCUT2D eigenvalue weighted by Crippen LogP contribution is -2.50. The highest BCUT2D eigenvalue weighted by molar-refractivity contribution is 5.73. The Labute approximate surface area is 72.3 Å². The molecule has 0 unspecified atom stereocenters. The summed E-state index contributed by atoms with van der Waals surface area (Å²) in [7, 11) is 0. The lowest BCUT2D eigenvalue weighted by atomic mass is 9.80. The van der Waals surface area contributed by atoms with Gasteiger partial charge in [-0.25, -0.2) is 4.79 Å². The molecule has 1 rings (SSSR count). The molecule has 0 heterocycles. The highest BCUT2D eigenvalue weighted by Gasteiger charge is 2.34. The van der Waals surface area contributed by atoms with Gasteiger partial charge in [-0.05, 0) is 26.2 Å². The largest absolute Gasteiger partial charge is 0.388 e. The number of hydrogen-bond donors (Lipinski definition) is 3. The van der Waals surface area contributed by atoms with Crippen molar-refractivity contribution < 1.29 is 9.90 Å². The van der Waals surface area contributed by atoms with Crippen LogP contribution in [0.25, 0.3) is 0 Å². The third-order valence-electron chi connectivity index (χ3n) is 2.20. The van der Waals surface area contributed by atoms with Crippen molar-refractivity contribution in [2.24, 2.45) is 0 Å². The maximum Gasteiger partial charge on any atom is 0.314 e. The van der Waals surface area contributed by atoms with E-state index < -0.39 is 5.60 Å². The second-order valence-corrected chi connectivity index (χ2v) is 3.29. The normalized spacial score (nSPS) is 19.5. The Hall–Kier alpha value is -0.770. The lowest BCUT2D eigenvalue weighted by molar-refractivity contribution is -0.0289. The maximum atomic E-state index is 10.9. The third kappa shape index (κ3) is 2.37. The van der Waals surface area contributed by atoms with E-state index in [4.69, 9.17) is 0 Å². The van der Waals surface area contributed by atoms with Gasteiger partial charge >= 0.3 is 6.03 Å². The molecular formula is C8H16N2O2. The predicted molar refractivity (Wildman–Crippen MR) is 45.9 cm³/mol. The highest BCUT2D eigenvalue weighted by atomic mass is 16.3. The summed E-state index contributed by atoms with van der Waals surface area (Å²) in [4.78, 5) is 10.9. The van der Waals surface area contributed by atoms with E-state index in [1.165, 1.54) is 0 Å². The van der Waals surface area contributed by atoms with Gasteiger partial charge in [-0.2, -0.15) is 0 Å². The van der Waals surface area contributed by atoms with E-state index >= 15 is 0 Å². The molecule has 0 aromatic carbocycles. The fourth-order valence-corrected chi connectivity index (χ4v) is 1.23. The van der Waals surface area contributed by atoms with Gasteiger partial charge in [0.25, 0.3) is 0 Å². The van der Waals surface area contributed by atoms with E-state index in [-0.39, 0.29) is 6.03 Å². The van der Waals surface area contributed by atoms with Crippen LogP contribution in [0, 0.1) is 0 Å². The first-order chi connectivity index (χ1) is 5.66. The minimum Gasteiger partial charge on any atom is -0.388 e. The molecule has 4 heteroatoms.